The highest BCUT2D eigenvalue weighted by molar-refractivity contribution is 7.89. The molecule has 0 atom stereocenters. The number of hydrogen-bond acceptors (Lipinski definition) is 5. The van der Waals surface area contributed by atoms with Crippen molar-refractivity contribution in [1.29, 1.82) is 0 Å². The van der Waals surface area contributed by atoms with Gasteiger partial charge < -0.3 is 10.3 Å². The Bertz CT molecular complexity index is 1640. The molecule has 2 N–H and O–H groups in total. The van der Waals surface area contributed by atoms with Gasteiger partial charge in [0.25, 0.3) is 5.56 Å². The van der Waals surface area contributed by atoms with E-state index in [0.717, 1.165) is 10.4 Å². The van der Waals surface area contributed by atoms with E-state index in [4.69, 9.17) is 23.2 Å². The molecular formula is C26H21Cl2FN4O4S. The fourth-order valence-corrected chi connectivity index (χ4v) is 5.38. The second-order valence-corrected chi connectivity index (χ2v) is 11.1. The smallest absolute Gasteiger partial charge is 0.251 e. The number of rotatable bonds is 8. The van der Waals surface area contributed by atoms with Crippen LogP contribution < -0.4 is 10.9 Å². The van der Waals surface area contributed by atoms with Gasteiger partial charge >= 0.3 is 0 Å². The number of hydrogen-bond donors (Lipinski definition) is 2. The Morgan fingerprint density at radius 2 is 1.76 bits per heavy atom. The van der Waals surface area contributed by atoms with Crippen LogP contribution in [-0.4, -0.2) is 35.1 Å². The van der Waals surface area contributed by atoms with E-state index in [1.807, 2.05) is 0 Å². The van der Waals surface area contributed by atoms with Crippen molar-refractivity contribution in [3.8, 4) is 11.4 Å². The number of halogens is 3. The second-order valence-electron chi connectivity index (χ2n) is 8.29. The predicted octanol–water partition coefficient (Wildman–Crippen LogP) is 5.02. The molecule has 3 aromatic carbocycles. The van der Waals surface area contributed by atoms with Crippen molar-refractivity contribution in [2.75, 3.05) is 11.9 Å². The molecule has 0 unspecified atom stereocenters. The maximum atomic E-state index is 14.5. The van der Waals surface area contributed by atoms with Crippen LogP contribution in [0.15, 0.2) is 82.5 Å². The molecule has 1 amide bonds. The van der Waals surface area contributed by atoms with Gasteiger partial charge in [-0.15, -0.1) is 0 Å². The number of sulfonamides is 1. The summed E-state index contributed by atoms with van der Waals surface area (Å²) in [6, 6.07) is 17.3. The van der Waals surface area contributed by atoms with E-state index in [-0.39, 0.29) is 21.0 Å². The Morgan fingerprint density at radius 3 is 2.45 bits per heavy atom. The monoisotopic (exact) mass is 574 g/mol. The maximum Gasteiger partial charge on any atom is 0.251 e. The molecule has 0 aliphatic rings. The molecule has 0 saturated carbocycles. The lowest BCUT2D eigenvalue weighted by atomic mass is 10.2. The summed E-state index contributed by atoms with van der Waals surface area (Å²) in [5.74, 6) is -1.08. The quantitative estimate of drug-likeness (QED) is 0.307. The summed E-state index contributed by atoms with van der Waals surface area (Å²) in [6.07, 6.45) is 0. The van der Waals surface area contributed by atoms with Crippen molar-refractivity contribution in [3.05, 3.63) is 110 Å². The van der Waals surface area contributed by atoms with Crippen LogP contribution in [0, 0.1) is 12.7 Å². The van der Waals surface area contributed by atoms with Gasteiger partial charge in [-0.1, -0.05) is 41.4 Å². The number of aromatic nitrogens is 2. The zero-order valence-electron chi connectivity index (χ0n) is 19.9. The van der Waals surface area contributed by atoms with Crippen LogP contribution in [0.2, 0.25) is 10.0 Å². The first-order valence-electron chi connectivity index (χ1n) is 11.2. The molecule has 0 radical (unpaired) electrons. The van der Waals surface area contributed by atoms with Gasteiger partial charge in [0, 0.05) is 45.2 Å². The van der Waals surface area contributed by atoms with Gasteiger partial charge in [-0.25, -0.2) is 17.8 Å². The van der Waals surface area contributed by atoms with Gasteiger partial charge in [0.1, 0.15) is 11.6 Å². The Labute approximate surface area is 228 Å². The van der Waals surface area contributed by atoms with Gasteiger partial charge in [-0.2, -0.15) is 4.31 Å². The third-order valence-electron chi connectivity index (χ3n) is 5.46. The first kappa shape index (κ1) is 27.5. The van der Waals surface area contributed by atoms with E-state index >= 15 is 0 Å². The van der Waals surface area contributed by atoms with Crippen LogP contribution in [0.5, 0.6) is 0 Å². The molecule has 8 nitrogen and oxygen atoms in total. The molecule has 38 heavy (non-hydrogen) atoms. The molecule has 0 spiro atoms. The fraction of sp³-hybridized carbons (Fsp3) is 0.115. The average Bonchev–Trinajstić information content (AvgIpc) is 2.85. The van der Waals surface area contributed by atoms with E-state index in [9.17, 15) is 22.4 Å². The zero-order valence-corrected chi connectivity index (χ0v) is 22.2. The molecule has 0 aliphatic heterocycles. The maximum absolute atomic E-state index is 14.5. The van der Waals surface area contributed by atoms with Crippen LogP contribution in [-0.2, 0) is 21.4 Å². The lowest BCUT2D eigenvalue weighted by Crippen LogP contribution is -2.37. The molecule has 12 heteroatoms. The normalized spacial score (nSPS) is 11.5. The number of carbonyl (C=O) groups is 1. The lowest BCUT2D eigenvalue weighted by molar-refractivity contribution is -0.116. The van der Waals surface area contributed by atoms with Crippen molar-refractivity contribution in [3.63, 3.8) is 0 Å². The summed E-state index contributed by atoms with van der Waals surface area (Å²) in [5.41, 5.74) is 0.998. The van der Waals surface area contributed by atoms with E-state index in [2.05, 4.69) is 15.3 Å². The van der Waals surface area contributed by atoms with Gasteiger partial charge in [-0.3, -0.25) is 9.59 Å². The summed E-state index contributed by atoms with van der Waals surface area (Å²) in [7, 11) is -4.26. The summed E-state index contributed by atoms with van der Waals surface area (Å²) >= 11 is 12.0. The number of nitrogens with zero attached hydrogens (tertiary/aromatic N) is 2. The van der Waals surface area contributed by atoms with Crippen molar-refractivity contribution >= 4 is 44.8 Å². The minimum Gasteiger partial charge on any atom is -0.325 e. The number of carbonyl (C=O) groups excluding carboxylic acids is 1. The van der Waals surface area contributed by atoms with Gasteiger partial charge in [-0.05, 0) is 55.5 Å². The fourth-order valence-electron chi connectivity index (χ4n) is 3.66. The minimum atomic E-state index is -4.26. The molecule has 4 aromatic rings. The molecule has 0 fully saturated rings. The number of anilines is 1. The molecule has 0 aliphatic carbocycles. The Balaban J connectivity index is 1.62. The van der Waals surface area contributed by atoms with E-state index in [1.165, 1.54) is 42.5 Å². The van der Waals surface area contributed by atoms with Crippen molar-refractivity contribution in [1.82, 2.24) is 14.3 Å². The van der Waals surface area contributed by atoms with Crippen LogP contribution in [0.3, 0.4) is 0 Å². The third kappa shape index (κ3) is 6.46. The van der Waals surface area contributed by atoms with Gasteiger partial charge in [0.15, 0.2) is 0 Å². The first-order chi connectivity index (χ1) is 18.0. The number of amides is 1. The third-order valence-corrected chi connectivity index (χ3v) is 7.87. The Kier molecular flexibility index (Phi) is 8.27. The molecule has 4 rings (SSSR count). The highest BCUT2D eigenvalue weighted by atomic mass is 35.5. The first-order valence-corrected chi connectivity index (χ1v) is 13.4. The highest BCUT2D eigenvalue weighted by Gasteiger charge is 2.28. The molecule has 0 saturated heterocycles. The summed E-state index contributed by atoms with van der Waals surface area (Å²) in [6.45, 7) is 0.555. The number of aromatic amines is 1. The average molecular weight is 575 g/mol. The van der Waals surface area contributed by atoms with E-state index in [0.29, 0.717) is 27.8 Å². The van der Waals surface area contributed by atoms with Crippen LogP contribution in [0.4, 0.5) is 10.1 Å². The van der Waals surface area contributed by atoms with Crippen LogP contribution >= 0.6 is 23.2 Å². The topological polar surface area (TPSA) is 112 Å². The largest absolute Gasteiger partial charge is 0.325 e. The SMILES string of the molecule is Cc1cc(=O)[nH]c(-c2cccc(NC(=O)CN(Cc3c(F)cccc3Cl)S(=O)(=O)c3ccc(Cl)cc3)c2)n1. The standard InChI is InChI=1S/C26H21Cl2FN4O4S/c1-16-12-24(34)32-26(30-16)17-4-2-5-19(13-17)31-25(35)15-33(14-21-22(28)6-3-7-23(21)29)38(36,37)20-10-8-18(27)9-11-20/h2-13H,14-15H2,1H3,(H,31,35)(H,30,32,34). The lowest BCUT2D eigenvalue weighted by Gasteiger charge is -2.23. The molecule has 0 bridgehead atoms. The number of aryl methyl sites for hydroxylation is 1. The summed E-state index contributed by atoms with van der Waals surface area (Å²) in [4.78, 5) is 31.7. The minimum absolute atomic E-state index is 0.0223. The van der Waals surface area contributed by atoms with Gasteiger partial charge in [0.2, 0.25) is 15.9 Å². The molecule has 1 heterocycles. The number of nitrogens with one attached hydrogen (secondary N) is 2. The number of benzene rings is 3. The Hall–Kier alpha value is -3.57. The highest BCUT2D eigenvalue weighted by Crippen LogP contribution is 2.26. The zero-order chi connectivity index (χ0) is 27.4. The summed E-state index contributed by atoms with van der Waals surface area (Å²) < 4.78 is 42.3. The predicted molar refractivity (Wildman–Crippen MR) is 144 cm³/mol. The van der Waals surface area contributed by atoms with Crippen LogP contribution in [0.1, 0.15) is 11.3 Å². The molecule has 1 aromatic heterocycles. The van der Waals surface area contributed by atoms with Crippen molar-refractivity contribution in [2.45, 2.75) is 18.4 Å². The van der Waals surface area contributed by atoms with Crippen molar-refractivity contribution in [2.24, 2.45) is 0 Å². The number of H-pyrrole nitrogens is 1. The second kappa shape index (κ2) is 11.4. The Morgan fingerprint density at radius 1 is 1.05 bits per heavy atom. The van der Waals surface area contributed by atoms with Crippen LogP contribution in [0.25, 0.3) is 11.4 Å². The molecular weight excluding hydrogens is 554 g/mol. The summed E-state index contributed by atoms with van der Waals surface area (Å²) in [5, 5.41) is 3.00. The van der Waals surface area contributed by atoms with E-state index in [1.54, 1.807) is 31.2 Å². The van der Waals surface area contributed by atoms with Gasteiger partial charge in [0.05, 0.1) is 11.4 Å². The van der Waals surface area contributed by atoms with Crippen molar-refractivity contribution < 1.29 is 17.6 Å². The van der Waals surface area contributed by atoms with E-state index < -0.39 is 34.8 Å². The molecule has 196 valence electrons.